The zero-order chi connectivity index (χ0) is 15.9. The van der Waals surface area contributed by atoms with Gasteiger partial charge in [-0.3, -0.25) is 9.59 Å². The van der Waals surface area contributed by atoms with Crippen LogP contribution in [0, 0.1) is 18.8 Å². The molecule has 0 aromatic heterocycles. The SMILES string of the molecule is COC(=O)[C@@H](C(=O)Nc1ccccc1C)C1CCCCCC1. The number of amides is 1. The number of methoxy groups -OCH3 is 1. The van der Waals surface area contributed by atoms with E-state index in [1.54, 1.807) is 0 Å². The molecule has 0 aliphatic heterocycles. The summed E-state index contributed by atoms with van der Waals surface area (Å²) in [6, 6.07) is 7.60. The third-order valence-corrected chi connectivity index (χ3v) is 4.51. The maximum Gasteiger partial charge on any atom is 0.318 e. The van der Waals surface area contributed by atoms with Crippen LogP contribution in [0.3, 0.4) is 0 Å². The number of aryl methyl sites for hydroxylation is 1. The molecule has 0 spiro atoms. The van der Waals surface area contributed by atoms with Crippen LogP contribution in [0.15, 0.2) is 24.3 Å². The third-order valence-electron chi connectivity index (χ3n) is 4.51. The van der Waals surface area contributed by atoms with Gasteiger partial charge in [-0.05, 0) is 37.3 Å². The third kappa shape index (κ3) is 4.09. The first-order chi connectivity index (χ1) is 10.6. The van der Waals surface area contributed by atoms with E-state index in [1.165, 1.54) is 20.0 Å². The Kier molecular flexibility index (Phi) is 5.99. The fourth-order valence-corrected chi connectivity index (χ4v) is 3.21. The highest BCUT2D eigenvalue weighted by Gasteiger charge is 2.36. The van der Waals surface area contributed by atoms with Crippen LogP contribution in [0.25, 0.3) is 0 Å². The molecule has 1 aliphatic carbocycles. The van der Waals surface area contributed by atoms with Crippen molar-refractivity contribution in [3.05, 3.63) is 29.8 Å². The summed E-state index contributed by atoms with van der Waals surface area (Å²) in [5.74, 6) is -1.28. The van der Waals surface area contributed by atoms with Crippen molar-refractivity contribution in [2.45, 2.75) is 45.4 Å². The van der Waals surface area contributed by atoms with Crippen molar-refractivity contribution in [1.82, 2.24) is 0 Å². The number of para-hydroxylation sites is 1. The van der Waals surface area contributed by atoms with Gasteiger partial charge >= 0.3 is 5.97 Å². The summed E-state index contributed by atoms with van der Waals surface area (Å²) >= 11 is 0. The van der Waals surface area contributed by atoms with Crippen LogP contribution >= 0.6 is 0 Å². The maximum absolute atomic E-state index is 12.7. The predicted molar refractivity (Wildman–Crippen MR) is 86.5 cm³/mol. The minimum absolute atomic E-state index is 0.0824. The fourth-order valence-electron chi connectivity index (χ4n) is 3.21. The maximum atomic E-state index is 12.7. The average molecular weight is 303 g/mol. The van der Waals surface area contributed by atoms with E-state index in [0.29, 0.717) is 0 Å². The van der Waals surface area contributed by atoms with Gasteiger partial charge in [0, 0.05) is 5.69 Å². The number of rotatable bonds is 4. The first kappa shape index (κ1) is 16.5. The monoisotopic (exact) mass is 303 g/mol. The van der Waals surface area contributed by atoms with Crippen molar-refractivity contribution in [1.29, 1.82) is 0 Å². The molecule has 1 aliphatic rings. The Morgan fingerprint density at radius 1 is 1.14 bits per heavy atom. The van der Waals surface area contributed by atoms with Gasteiger partial charge in [-0.25, -0.2) is 0 Å². The number of hydrogen-bond donors (Lipinski definition) is 1. The number of carbonyl (C=O) groups is 2. The lowest BCUT2D eigenvalue weighted by atomic mass is 9.85. The van der Waals surface area contributed by atoms with E-state index in [9.17, 15) is 9.59 Å². The number of benzene rings is 1. The second kappa shape index (κ2) is 7.97. The van der Waals surface area contributed by atoms with Crippen molar-refractivity contribution < 1.29 is 14.3 Å². The molecule has 0 radical (unpaired) electrons. The Labute approximate surface area is 132 Å². The van der Waals surface area contributed by atoms with Gasteiger partial charge < -0.3 is 10.1 Å². The molecule has 22 heavy (non-hydrogen) atoms. The Bertz CT molecular complexity index is 519. The largest absolute Gasteiger partial charge is 0.468 e. The second-order valence-corrected chi connectivity index (χ2v) is 6.06. The normalized spacial score (nSPS) is 17.4. The molecule has 1 fully saturated rings. The van der Waals surface area contributed by atoms with Crippen LogP contribution < -0.4 is 5.32 Å². The van der Waals surface area contributed by atoms with Crippen LogP contribution in [-0.4, -0.2) is 19.0 Å². The fraction of sp³-hybridized carbons (Fsp3) is 0.556. The molecule has 0 bridgehead atoms. The molecule has 1 amide bonds. The first-order valence-electron chi connectivity index (χ1n) is 8.08. The van der Waals surface area contributed by atoms with Crippen molar-refractivity contribution >= 4 is 17.6 Å². The van der Waals surface area contributed by atoms with Gasteiger partial charge in [0.1, 0.15) is 5.92 Å². The molecule has 4 nitrogen and oxygen atoms in total. The molecule has 0 saturated heterocycles. The average Bonchev–Trinajstić information content (AvgIpc) is 2.79. The van der Waals surface area contributed by atoms with E-state index in [1.807, 2.05) is 31.2 Å². The smallest absolute Gasteiger partial charge is 0.318 e. The van der Waals surface area contributed by atoms with Crippen LogP contribution in [0.5, 0.6) is 0 Å². The Morgan fingerprint density at radius 2 is 1.77 bits per heavy atom. The number of carbonyl (C=O) groups excluding carboxylic acids is 2. The lowest BCUT2D eigenvalue weighted by Crippen LogP contribution is -2.36. The number of esters is 1. The van der Waals surface area contributed by atoms with Gasteiger partial charge in [-0.2, -0.15) is 0 Å². The Balaban J connectivity index is 2.15. The summed E-state index contributed by atoms with van der Waals surface area (Å²) < 4.78 is 4.90. The highest BCUT2D eigenvalue weighted by molar-refractivity contribution is 6.05. The summed E-state index contributed by atoms with van der Waals surface area (Å²) in [5.41, 5.74) is 1.75. The minimum Gasteiger partial charge on any atom is -0.468 e. The molecular formula is C18H25NO3. The minimum atomic E-state index is -0.706. The second-order valence-electron chi connectivity index (χ2n) is 6.06. The molecule has 1 saturated carbocycles. The number of nitrogens with one attached hydrogen (secondary N) is 1. The highest BCUT2D eigenvalue weighted by Crippen LogP contribution is 2.31. The molecule has 0 heterocycles. The van der Waals surface area contributed by atoms with Crippen molar-refractivity contribution in [2.75, 3.05) is 12.4 Å². The van der Waals surface area contributed by atoms with Gasteiger partial charge in [0.15, 0.2) is 0 Å². The summed E-state index contributed by atoms with van der Waals surface area (Å²) in [5, 5.41) is 2.90. The number of ether oxygens (including phenoxy) is 1. The van der Waals surface area contributed by atoms with Crippen molar-refractivity contribution in [3.8, 4) is 0 Å². The summed E-state index contributed by atoms with van der Waals surface area (Å²) in [6.45, 7) is 1.94. The van der Waals surface area contributed by atoms with E-state index in [0.717, 1.165) is 36.9 Å². The summed E-state index contributed by atoms with van der Waals surface area (Å²) in [7, 11) is 1.35. The van der Waals surface area contributed by atoms with Crippen molar-refractivity contribution in [2.24, 2.45) is 11.8 Å². The van der Waals surface area contributed by atoms with E-state index < -0.39 is 11.9 Å². The van der Waals surface area contributed by atoms with E-state index in [4.69, 9.17) is 4.74 Å². The molecule has 1 N–H and O–H groups in total. The van der Waals surface area contributed by atoms with Gasteiger partial charge in [0.25, 0.3) is 0 Å². The zero-order valence-corrected chi connectivity index (χ0v) is 13.4. The van der Waals surface area contributed by atoms with Crippen molar-refractivity contribution in [3.63, 3.8) is 0 Å². The van der Waals surface area contributed by atoms with E-state index in [2.05, 4.69) is 5.32 Å². The van der Waals surface area contributed by atoms with Crippen LogP contribution in [-0.2, 0) is 14.3 Å². The predicted octanol–water partition coefficient (Wildman–Crippen LogP) is 3.69. The summed E-state index contributed by atoms with van der Waals surface area (Å²) in [6.07, 6.45) is 6.36. The quantitative estimate of drug-likeness (QED) is 0.524. The molecular weight excluding hydrogens is 278 g/mol. The topological polar surface area (TPSA) is 55.4 Å². The zero-order valence-electron chi connectivity index (χ0n) is 13.4. The van der Waals surface area contributed by atoms with Crippen LogP contribution in [0.4, 0.5) is 5.69 Å². The van der Waals surface area contributed by atoms with Gasteiger partial charge in [0.2, 0.25) is 5.91 Å². The van der Waals surface area contributed by atoms with Crippen LogP contribution in [0.2, 0.25) is 0 Å². The molecule has 1 atom stereocenters. The molecule has 0 unspecified atom stereocenters. The highest BCUT2D eigenvalue weighted by atomic mass is 16.5. The molecule has 2 rings (SSSR count). The lowest BCUT2D eigenvalue weighted by Gasteiger charge is -2.23. The number of hydrogen-bond acceptors (Lipinski definition) is 3. The molecule has 120 valence electrons. The van der Waals surface area contributed by atoms with Gasteiger partial charge in [0.05, 0.1) is 7.11 Å². The van der Waals surface area contributed by atoms with Gasteiger partial charge in [-0.15, -0.1) is 0 Å². The van der Waals surface area contributed by atoms with Gasteiger partial charge in [-0.1, -0.05) is 43.9 Å². The van der Waals surface area contributed by atoms with E-state index in [-0.39, 0.29) is 11.8 Å². The Morgan fingerprint density at radius 3 is 2.36 bits per heavy atom. The molecule has 1 aromatic carbocycles. The van der Waals surface area contributed by atoms with Crippen LogP contribution in [0.1, 0.15) is 44.1 Å². The molecule has 1 aromatic rings. The lowest BCUT2D eigenvalue weighted by molar-refractivity contribution is -0.151. The first-order valence-corrected chi connectivity index (χ1v) is 8.08. The molecule has 4 heteroatoms. The standard InChI is InChI=1S/C18H25NO3/c1-13-9-7-8-12-15(13)19-17(20)16(18(21)22-2)14-10-5-3-4-6-11-14/h7-9,12,14,16H,3-6,10-11H2,1-2H3,(H,19,20)/t16-/m1/s1. The summed E-state index contributed by atoms with van der Waals surface area (Å²) in [4.78, 5) is 24.8. The number of anilines is 1. The Hall–Kier alpha value is -1.84. The van der Waals surface area contributed by atoms with E-state index >= 15 is 0 Å².